The summed E-state index contributed by atoms with van der Waals surface area (Å²) in [4.78, 5) is 10.4. The molecule has 0 bridgehead atoms. The van der Waals surface area contributed by atoms with E-state index >= 15 is 0 Å². The molecule has 0 heterocycles. The van der Waals surface area contributed by atoms with E-state index in [4.69, 9.17) is 10.9 Å². The number of nitrogens with zero attached hydrogens (tertiary/aromatic N) is 1. The van der Waals surface area contributed by atoms with Crippen LogP contribution in [0, 0.1) is 0 Å². The van der Waals surface area contributed by atoms with Gasteiger partial charge >= 0.3 is 5.97 Å². The maximum Gasteiger partial charge on any atom is 0.335 e. The van der Waals surface area contributed by atoms with Gasteiger partial charge in [-0.25, -0.2) is 4.79 Å². The number of benzene rings is 1. The van der Waals surface area contributed by atoms with Gasteiger partial charge in [-0.1, -0.05) is 12.1 Å². The van der Waals surface area contributed by atoms with Crippen molar-refractivity contribution in [3.8, 4) is 0 Å². The number of hydrogen-bond acceptors (Lipinski definition) is 3. The second-order valence-electron chi connectivity index (χ2n) is 2.21. The summed E-state index contributed by atoms with van der Waals surface area (Å²) in [6.07, 6.45) is 1.45. The first kappa shape index (κ1) is 8.26. The van der Waals surface area contributed by atoms with Crippen LogP contribution in [0.15, 0.2) is 29.4 Å². The number of hydrogen-bond donors (Lipinski definition) is 2. The van der Waals surface area contributed by atoms with Crippen LogP contribution >= 0.6 is 0 Å². The van der Waals surface area contributed by atoms with Crippen LogP contribution in [-0.2, 0) is 0 Å². The third-order valence-corrected chi connectivity index (χ3v) is 1.38. The summed E-state index contributed by atoms with van der Waals surface area (Å²) >= 11 is 0. The molecule has 0 aliphatic carbocycles. The van der Waals surface area contributed by atoms with Crippen molar-refractivity contribution in [1.82, 2.24) is 0 Å². The number of hydrazone groups is 1. The minimum atomic E-state index is -0.939. The molecule has 0 aliphatic rings. The molecule has 0 spiro atoms. The summed E-state index contributed by atoms with van der Waals surface area (Å²) in [5.41, 5.74) is 1.03. The Hall–Kier alpha value is -1.84. The van der Waals surface area contributed by atoms with Crippen molar-refractivity contribution in [3.05, 3.63) is 35.4 Å². The van der Waals surface area contributed by atoms with Crippen molar-refractivity contribution >= 4 is 12.2 Å². The van der Waals surface area contributed by atoms with E-state index in [0.717, 1.165) is 5.56 Å². The Labute approximate surface area is 69.3 Å². The van der Waals surface area contributed by atoms with E-state index < -0.39 is 5.97 Å². The van der Waals surface area contributed by atoms with E-state index in [-0.39, 0.29) is 5.56 Å². The highest BCUT2D eigenvalue weighted by molar-refractivity contribution is 5.89. The summed E-state index contributed by atoms with van der Waals surface area (Å²) in [6.45, 7) is 0. The molecule has 12 heavy (non-hydrogen) atoms. The average Bonchev–Trinajstić information content (AvgIpc) is 2.06. The van der Waals surface area contributed by atoms with Gasteiger partial charge in [-0.15, -0.1) is 0 Å². The Morgan fingerprint density at radius 3 is 2.42 bits per heavy atom. The lowest BCUT2D eigenvalue weighted by Gasteiger charge is -1.93. The minimum Gasteiger partial charge on any atom is -0.478 e. The maximum atomic E-state index is 10.4. The largest absolute Gasteiger partial charge is 0.478 e. The average molecular weight is 164 g/mol. The first-order valence-electron chi connectivity index (χ1n) is 3.30. The van der Waals surface area contributed by atoms with Gasteiger partial charge in [0.05, 0.1) is 11.8 Å². The van der Waals surface area contributed by atoms with E-state index in [9.17, 15) is 4.79 Å². The maximum absolute atomic E-state index is 10.4. The molecule has 1 aromatic rings. The third kappa shape index (κ3) is 1.82. The highest BCUT2D eigenvalue weighted by atomic mass is 16.4. The van der Waals surface area contributed by atoms with Crippen LogP contribution in [-0.4, -0.2) is 17.3 Å². The van der Waals surface area contributed by atoms with Crippen molar-refractivity contribution in [2.45, 2.75) is 0 Å². The molecule has 0 aliphatic heterocycles. The molecule has 0 atom stereocenters. The van der Waals surface area contributed by atoms with Crippen molar-refractivity contribution in [3.63, 3.8) is 0 Å². The lowest BCUT2D eigenvalue weighted by molar-refractivity contribution is 0.0697. The molecule has 0 unspecified atom stereocenters. The minimum absolute atomic E-state index is 0.254. The number of carbonyl (C=O) groups is 1. The van der Waals surface area contributed by atoms with Crippen LogP contribution in [0.1, 0.15) is 15.9 Å². The van der Waals surface area contributed by atoms with Crippen molar-refractivity contribution in [2.75, 3.05) is 0 Å². The summed E-state index contributed by atoms with van der Waals surface area (Å²) in [7, 11) is 0. The molecule has 4 nitrogen and oxygen atoms in total. The second-order valence-corrected chi connectivity index (χ2v) is 2.21. The van der Waals surface area contributed by atoms with Crippen LogP contribution in [0.3, 0.4) is 0 Å². The standard InChI is InChI=1S/C8H8N2O2/c9-10-5-6-1-3-7(4-2-6)8(11)12/h1-5H,9H2,(H,11,12). The van der Waals surface area contributed by atoms with Crippen LogP contribution in [0.2, 0.25) is 0 Å². The molecule has 4 heteroatoms. The van der Waals surface area contributed by atoms with Gasteiger partial charge < -0.3 is 10.9 Å². The fourth-order valence-corrected chi connectivity index (χ4v) is 0.798. The predicted molar refractivity (Wildman–Crippen MR) is 45.2 cm³/mol. The molecule has 0 saturated heterocycles. The summed E-state index contributed by atoms with van der Waals surface area (Å²) in [5.74, 6) is 3.97. The Morgan fingerprint density at radius 1 is 1.42 bits per heavy atom. The smallest absolute Gasteiger partial charge is 0.335 e. The van der Waals surface area contributed by atoms with Gasteiger partial charge in [0.15, 0.2) is 0 Å². The molecule has 0 aromatic heterocycles. The molecule has 1 rings (SSSR count). The Balaban J connectivity index is 2.93. The molecule has 0 fully saturated rings. The highest BCUT2D eigenvalue weighted by Gasteiger charge is 1.99. The number of carboxylic acids is 1. The van der Waals surface area contributed by atoms with E-state index in [2.05, 4.69) is 5.10 Å². The third-order valence-electron chi connectivity index (χ3n) is 1.38. The number of aromatic carboxylic acids is 1. The fraction of sp³-hybridized carbons (Fsp3) is 0. The van der Waals surface area contributed by atoms with Crippen LogP contribution in [0.4, 0.5) is 0 Å². The zero-order chi connectivity index (χ0) is 8.97. The Bertz CT molecular complexity index is 303. The summed E-state index contributed by atoms with van der Waals surface area (Å²) in [5, 5.41) is 11.9. The normalized spacial score (nSPS) is 10.3. The van der Waals surface area contributed by atoms with Crippen molar-refractivity contribution in [2.24, 2.45) is 10.9 Å². The van der Waals surface area contributed by atoms with Gasteiger partial charge in [-0.2, -0.15) is 5.10 Å². The van der Waals surface area contributed by atoms with Gasteiger partial charge in [0, 0.05) is 0 Å². The summed E-state index contributed by atoms with van der Waals surface area (Å²) < 4.78 is 0. The summed E-state index contributed by atoms with van der Waals surface area (Å²) in [6, 6.07) is 6.28. The predicted octanol–water partition coefficient (Wildman–Crippen LogP) is 0.677. The van der Waals surface area contributed by atoms with E-state index in [1.54, 1.807) is 12.1 Å². The van der Waals surface area contributed by atoms with Gasteiger partial charge in [0.1, 0.15) is 0 Å². The van der Waals surface area contributed by atoms with Crippen molar-refractivity contribution < 1.29 is 9.90 Å². The van der Waals surface area contributed by atoms with Crippen LogP contribution in [0.25, 0.3) is 0 Å². The van der Waals surface area contributed by atoms with Crippen molar-refractivity contribution in [1.29, 1.82) is 0 Å². The topological polar surface area (TPSA) is 75.7 Å². The SMILES string of the molecule is NN=Cc1ccc(C(=O)O)cc1. The first-order chi connectivity index (χ1) is 5.74. The Morgan fingerprint density at radius 2 is 2.00 bits per heavy atom. The molecular weight excluding hydrogens is 156 g/mol. The molecule has 0 radical (unpaired) electrons. The number of nitrogens with two attached hydrogens (primary N) is 1. The quantitative estimate of drug-likeness (QED) is 0.383. The van der Waals surface area contributed by atoms with Crippen LogP contribution < -0.4 is 5.84 Å². The molecule has 3 N–H and O–H groups in total. The monoisotopic (exact) mass is 164 g/mol. The number of carboxylic acid groups (broad SMARTS) is 1. The van der Waals surface area contributed by atoms with E-state index in [1.807, 2.05) is 0 Å². The highest BCUT2D eigenvalue weighted by Crippen LogP contribution is 2.01. The molecular formula is C8H8N2O2. The second kappa shape index (κ2) is 3.52. The van der Waals surface area contributed by atoms with Gasteiger partial charge in [0.2, 0.25) is 0 Å². The lowest BCUT2D eigenvalue weighted by Crippen LogP contribution is -1.96. The molecule has 62 valence electrons. The van der Waals surface area contributed by atoms with E-state index in [0.29, 0.717) is 0 Å². The first-order valence-corrected chi connectivity index (χ1v) is 3.30. The van der Waals surface area contributed by atoms with Gasteiger partial charge in [-0.3, -0.25) is 0 Å². The molecule has 1 aromatic carbocycles. The Kier molecular flexibility index (Phi) is 2.42. The van der Waals surface area contributed by atoms with Gasteiger partial charge in [0.25, 0.3) is 0 Å². The van der Waals surface area contributed by atoms with E-state index in [1.165, 1.54) is 18.3 Å². The lowest BCUT2D eigenvalue weighted by atomic mass is 10.1. The number of rotatable bonds is 2. The van der Waals surface area contributed by atoms with Crippen LogP contribution in [0.5, 0.6) is 0 Å². The zero-order valence-electron chi connectivity index (χ0n) is 6.27. The fourth-order valence-electron chi connectivity index (χ4n) is 0.798. The molecule has 0 saturated carbocycles. The zero-order valence-corrected chi connectivity index (χ0v) is 6.27. The molecule has 0 amide bonds. The van der Waals surface area contributed by atoms with Gasteiger partial charge in [-0.05, 0) is 17.7 Å².